The van der Waals surface area contributed by atoms with Gasteiger partial charge in [0.25, 0.3) is 0 Å². The van der Waals surface area contributed by atoms with Gasteiger partial charge in [0.1, 0.15) is 4.90 Å². The molecule has 8 heteroatoms. The molecule has 1 aliphatic heterocycles. The van der Waals surface area contributed by atoms with Crippen LogP contribution in [0.4, 0.5) is 11.4 Å². The number of nitrogen functional groups attached to an aromatic ring is 1. The fourth-order valence-electron chi connectivity index (χ4n) is 2.57. The van der Waals surface area contributed by atoms with Gasteiger partial charge in [-0.25, -0.2) is 13.6 Å². The number of carbonyl (C=O) groups is 1. The SMILES string of the molecule is CC(=O)NC1CCN(c2ccc(N)cc2S(N)(=O)=O)CC1. The van der Waals surface area contributed by atoms with Crippen molar-refractivity contribution in [3.63, 3.8) is 0 Å². The van der Waals surface area contributed by atoms with Crippen molar-refractivity contribution in [1.82, 2.24) is 5.32 Å². The van der Waals surface area contributed by atoms with Gasteiger partial charge in [-0.3, -0.25) is 4.79 Å². The number of nitrogens with two attached hydrogens (primary N) is 2. The van der Waals surface area contributed by atoms with Gasteiger partial charge in [-0.1, -0.05) is 0 Å². The van der Waals surface area contributed by atoms with Gasteiger partial charge in [0.05, 0.1) is 5.69 Å². The van der Waals surface area contributed by atoms with Crippen molar-refractivity contribution in [2.24, 2.45) is 5.14 Å². The summed E-state index contributed by atoms with van der Waals surface area (Å²) in [5.41, 5.74) is 6.56. The molecular formula is C13H20N4O3S. The van der Waals surface area contributed by atoms with Gasteiger partial charge in [-0.2, -0.15) is 0 Å². The molecule has 0 radical (unpaired) electrons. The summed E-state index contributed by atoms with van der Waals surface area (Å²) in [5, 5.41) is 8.14. The Hall–Kier alpha value is -1.80. The third-order valence-electron chi connectivity index (χ3n) is 3.53. The van der Waals surface area contributed by atoms with Crippen molar-refractivity contribution in [2.75, 3.05) is 23.7 Å². The number of anilines is 2. The summed E-state index contributed by atoms with van der Waals surface area (Å²) in [4.78, 5) is 13.1. The molecular weight excluding hydrogens is 292 g/mol. The van der Waals surface area contributed by atoms with Crippen LogP contribution in [0.2, 0.25) is 0 Å². The molecule has 116 valence electrons. The normalized spacial score (nSPS) is 16.8. The smallest absolute Gasteiger partial charge is 0.240 e. The van der Waals surface area contributed by atoms with Crippen LogP contribution in [-0.4, -0.2) is 33.5 Å². The third kappa shape index (κ3) is 3.85. The number of hydrogen-bond donors (Lipinski definition) is 3. The first-order valence-corrected chi connectivity index (χ1v) is 8.26. The number of carbonyl (C=O) groups excluding carboxylic acids is 1. The van der Waals surface area contributed by atoms with Crippen LogP contribution in [0, 0.1) is 0 Å². The Bertz CT molecular complexity index is 637. The van der Waals surface area contributed by atoms with Crippen molar-refractivity contribution in [2.45, 2.75) is 30.7 Å². The predicted octanol–water partition coefficient (Wildman–Crippen LogP) is 0.0211. The molecule has 7 nitrogen and oxygen atoms in total. The van der Waals surface area contributed by atoms with E-state index in [4.69, 9.17) is 10.9 Å². The summed E-state index contributed by atoms with van der Waals surface area (Å²) in [6.07, 6.45) is 1.52. The molecule has 1 saturated heterocycles. The molecule has 0 unspecified atom stereocenters. The highest BCUT2D eigenvalue weighted by Crippen LogP contribution is 2.29. The zero-order valence-corrected chi connectivity index (χ0v) is 12.7. The highest BCUT2D eigenvalue weighted by molar-refractivity contribution is 7.89. The van der Waals surface area contributed by atoms with E-state index in [0.29, 0.717) is 24.5 Å². The van der Waals surface area contributed by atoms with E-state index in [1.807, 2.05) is 4.90 Å². The Morgan fingerprint density at radius 1 is 1.33 bits per heavy atom. The summed E-state index contributed by atoms with van der Waals surface area (Å²) in [5.74, 6) is -0.0499. The maximum absolute atomic E-state index is 11.7. The monoisotopic (exact) mass is 312 g/mol. The van der Waals surface area contributed by atoms with Gasteiger partial charge in [-0.15, -0.1) is 0 Å². The van der Waals surface area contributed by atoms with E-state index in [0.717, 1.165) is 12.8 Å². The lowest BCUT2D eigenvalue weighted by molar-refractivity contribution is -0.119. The highest BCUT2D eigenvalue weighted by Gasteiger charge is 2.24. The fourth-order valence-corrected chi connectivity index (χ4v) is 3.36. The standard InChI is InChI=1S/C13H20N4O3S/c1-9(18)16-11-4-6-17(7-5-11)12-3-2-10(14)8-13(12)21(15,19)20/h2-3,8,11H,4-7,14H2,1H3,(H,16,18)(H2,15,19,20). The Morgan fingerprint density at radius 3 is 2.48 bits per heavy atom. The van der Waals surface area contributed by atoms with E-state index < -0.39 is 10.0 Å². The maximum Gasteiger partial charge on any atom is 0.240 e. The predicted molar refractivity (Wildman–Crippen MR) is 81.3 cm³/mol. The van der Waals surface area contributed by atoms with E-state index in [-0.39, 0.29) is 16.8 Å². The van der Waals surface area contributed by atoms with Gasteiger partial charge in [0.2, 0.25) is 15.9 Å². The second-order valence-electron chi connectivity index (χ2n) is 5.23. The van der Waals surface area contributed by atoms with E-state index in [2.05, 4.69) is 5.32 Å². The number of nitrogens with one attached hydrogen (secondary N) is 1. The zero-order chi connectivity index (χ0) is 15.6. The van der Waals surface area contributed by atoms with Crippen LogP contribution < -0.4 is 21.1 Å². The average Bonchev–Trinajstić information content (AvgIpc) is 2.38. The number of rotatable bonds is 3. The maximum atomic E-state index is 11.7. The van der Waals surface area contributed by atoms with E-state index in [9.17, 15) is 13.2 Å². The lowest BCUT2D eigenvalue weighted by Crippen LogP contribution is -2.44. The van der Waals surface area contributed by atoms with Crippen LogP contribution in [0.1, 0.15) is 19.8 Å². The molecule has 1 aliphatic rings. The Balaban J connectivity index is 2.19. The molecule has 0 aromatic heterocycles. The first kappa shape index (κ1) is 15.6. The van der Waals surface area contributed by atoms with Gasteiger partial charge < -0.3 is 16.0 Å². The molecule has 0 saturated carbocycles. The molecule has 1 heterocycles. The number of benzene rings is 1. The average molecular weight is 312 g/mol. The second-order valence-corrected chi connectivity index (χ2v) is 6.76. The molecule has 2 rings (SSSR count). The van der Waals surface area contributed by atoms with E-state index in [1.54, 1.807) is 12.1 Å². The third-order valence-corrected chi connectivity index (χ3v) is 4.47. The van der Waals surface area contributed by atoms with Gasteiger partial charge in [-0.05, 0) is 31.0 Å². The number of piperidine rings is 1. The molecule has 5 N–H and O–H groups in total. The van der Waals surface area contributed by atoms with Gasteiger partial charge in [0, 0.05) is 31.7 Å². The van der Waals surface area contributed by atoms with E-state index in [1.165, 1.54) is 13.0 Å². The number of nitrogens with zero attached hydrogens (tertiary/aromatic N) is 1. The summed E-state index contributed by atoms with van der Waals surface area (Å²) in [6.45, 7) is 2.79. The molecule has 0 atom stereocenters. The molecule has 21 heavy (non-hydrogen) atoms. The fraction of sp³-hybridized carbons (Fsp3) is 0.462. The number of amides is 1. The molecule has 1 aromatic rings. The van der Waals surface area contributed by atoms with Crippen molar-refractivity contribution >= 4 is 27.3 Å². The summed E-state index contributed by atoms with van der Waals surface area (Å²) >= 11 is 0. The van der Waals surface area contributed by atoms with Crippen LogP contribution in [0.25, 0.3) is 0 Å². The highest BCUT2D eigenvalue weighted by atomic mass is 32.2. The number of sulfonamides is 1. The lowest BCUT2D eigenvalue weighted by atomic mass is 10.0. The second kappa shape index (κ2) is 5.90. The van der Waals surface area contributed by atoms with E-state index >= 15 is 0 Å². The van der Waals surface area contributed by atoms with Crippen LogP contribution in [-0.2, 0) is 14.8 Å². The lowest BCUT2D eigenvalue weighted by Gasteiger charge is -2.34. The van der Waals surface area contributed by atoms with Gasteiger partial charge >= 0.3 is 0 Å². The first-order chi connectivity index (χ1) is 9.77. The van der Waals surface area contributed by atoms with Crippen molar-refractivity contribution < 1.29 is 13.2 Å². The van der Waals surface area contributed by atoms with Crippen LogP contribution in [0.5, 0.6) is 0 Å². The van der Waals surface area contributed by atoms with Crippen LogP contribution in [0.15, 0.2) is 23.1 Å². The Morgan fingerprint density at radius 2 is 1.95 bits per heavy atom. The number of primary sulfonamides is 1. The van der Waals surface area contributed by atoms with Crippen LogP contribution in [0.3, 0.4) is 0 Å². The minimum absolute atomic E-state index is 0.0421. The topological polar surface area (TPSA) is 119 Å². The molecule has 0 aliphatic carbocycles. The first-order valence-electron chi connectivity index (χ1n) is 6.72. The molecule has 0 bridgehead atoms. The van der Waals surface area contributed by atoms with Crippen molar-refractivity contribution in [3.8, 4) is 0 Å². The quantitative estimate of drug-likeness (QED) is 0.680. The van der Waals surface area contributed by atoms with Crippen molar-refractivity contribution in [3.05, 3.63) is 18.2 Å². The Labute approximate surface area is 124 Å². The molecule has 0 spiro atoms. The molecule has 1 fully saturated rings. The minimum Gasteiger partial charge on any atom is -0.399 e. The summed E-state index contributed by atoms with van der Waals surface area (Å²) in [7, 11) is -3.83. The summed E-state index contributed by atoms with van der Waals surface area (Å²) < 4.78 is 23.4. The Kier molecular flexibility index (Phi) is 4.38. The molecule has 1 amide bonds. The van der Waals surface area contributed by atoms with Crippen molar-refractivity contribution in [1.29, 1.82) is 0 Å². The van der Waals surface area contributed by atoms with Gasteiger partial charge in [0.15, 0.2) is 0 Å². The largest absolute Gasteiger partial charge is 0.399 e. The zero-order valence-electron chi connectivity index (χ0n) is 11.9. The summed E-state index contributed by atoms with van der Waals surface area (Å²) in [6, 6.07) is 4.84. The molecule has 1 aromatic carbocycles. The minimum atomic E-state index is -3.83. The number of hydrogen-bond acceptors (Lipinski definition) is 5. The van der Waals surface area contributed by atoms with Crippen LogP contribution >= 0.6 is 0 Å².